The van der Waals surface area contributed by atoms with E-state index in [2.05, 4.69) is 5.32 Å². The molecule has 0 unspecified atom stereocenters. The first-order valence-electron chi connectivity index (χ1n) is 8.20. The molecule has 0 aromatic heterocycles. The number of hydrogen-bond donors (Lipinski definition) is 1. The van der Waals surface area contributed by atoms with Crippen LogP contribution in [-0.4, -0.2) is 37.9 Å². The van der Waals surface area contributed by atoms with Crippen molar-refractivity contribution in [3.63, 3.8) is 0 Å². The van der Waals surface area contributed by atoms with E-state index in [0.717, 1.165) is 0 Å². The van der Waals surface area contributed by atoms with E-state index in [0.29, 0.717) is 22.7 Å². The smallest absolute Gasteiger partial charge is 0.338 e. The molecule has 1 N–H and O–H groups in total. The Morgan fingerprint density at radius 2 is 1.59 bits per heavy atom. The number of amides is 1. The second-order valence-corrected chi connectivity index (χ2v) is 5.49. The Labute approximate surface area is 155 Å². The van der Waals surface area contributed by atoms with Gasteiger partial charge in [0.05, 0.1) is 17.7 Å². The van der Waals surface area contributed by atoms with E-state index in [1.54, 1.807) is 25.1 Å². The number of anilines is 1. The fourth-order valence-electron chi connectivity index (χ4n) is 2.34. The second kappa shape index (κ2) is 8.22. The number of rotatable bonds is 6. The summed E-state index contributed by atoms with van der Waals surface area (Å²) < 4.78 is 20.2. The lowest BCUT2D eigenvalue weighted by Crippen LogP contribution is -2.21. The molecule has 1 aliphatic heterocycles. The van der Waals surface area contributed by atoms with Crippen LogP contribution in [0.15, 0.2) is 42.5 Å². The summed E-state index contributed by atoms with van der Waals surface area (Å²) in [5.41, 5.74) is 1.10. The van der Waals surface area contributed by atoms with Crippen LogP contribution in [0.1, 0.15) is 27.6 Å². The zero-order valence-corrected chi connectivity index (χ0v) is 14.5. The van der Waals surface area contributed by atoms with Crippen LogP contribution >= 0.6 is 0 Å². The Bertz CT molecular complexity index is 861. The zero-order chi connectivity index (χ0) is 19.2. The molecule has 1 amide bonds. The first kappa shape index (κ1) is 18.2. The number of hydrogen-bond acceptors (Lipinski definition) is 7. The number of carbonyl (C=O) groups is 3. The van der Waals surface area contributed by atoms with Gasteiger partial charge in [0, 0.05) is 5.69 Å². The summed E-state index contributed by atoms with van der Waals surface area (Å²) in [7, 11) is 0. The van der Waals surface area contributed by atoms with Crippen molar-refractivity contribution in [3.05, 3.63) is 53.6 Å². The molecule has 0 saturated heterocycles. The summed E-state index contributed by atoms with van der Waals surface area (Å²) in [6, 6.07) is 10.8. The summed E-state index contributed by atoms with van der Waals surface area (Å²) in [6.45, 7) is 1.65. The molecule has 0 spiro atoms. The van der Waals surface area contributed by atoms with E-state index < -0.39 is 24.5 Å². The molecule has 0 atom stereocenters. The standard InChI is InChI=1S/C19H17NO7/c1-2-24-18(22)12-3-6-14(7-4-12)20-17(21)10-25-19(23)13-5-8-15-16(9-13)27-11-26-15/h3-9H,2,10-11H2,1H3,(H,20,21). The fraction of sp³-hybridized carbons (Fsp3) is 0.211. The maximum Gasteiger partial charge on any atom is 0.338 e. The Kier molecular flexibility index (Phi) is 5.55. The minimum atomic E-state index is -0.652. The van der Waals surface area contributed by atoms with Crippen molar-refractivity contribution >= 4 is 23.5 Å². The highest BCUT2D eigenvalue weighted by Gasteiger charge is 2.17. The van der Waals surface area contributed by atoms with Gasteiger partial charge in [0.2, 0.25) is 6.79 Å². The summed E-state index contributed by atoms with van der Waals surface area (Å²) in [4.78, 5) is 35.5. The van der Waals surface area contributed by atoms with E-state index in [1.807, 2.05) is 0 Å². The molecule has 8 heteroatoms. The van der Waals surface area contributed by atoms with Gasteiger partial charge in [0.15, 0.2) is 18.1 Å². The Hall–Kier alpha value is -3.55. The predicted molar refractivity (Wildman–Crippen MR) is 93.9 cm³/mol. The quantitative estimate of drug-likeness (QED) is 0.778. The molecular formula is C19H17NO7. The SMILES string of the molecule is CCOC(=O)c1ccc(NC(=O)COC(=O)c2ccc3c(c2)OCO3)cc1. The van der Waals surface area contributed by atoms with Crippen LogP contribution in [0.5, 0.6) is 11.5 Å². The monoisotopic (exact) mass is 371 g/mol. The van der Waals surface area contributed by atoms with Gasteiger partial charge in [-0.1, -0.05) is 0 Å². The first-order chi connectivity index (χ1) is 13.1. The number of ether oxygens (including phenoxy) is 4. The number of nitrogens with one attached hydrogen (secondary N) is 1. The molecule has 0 fully saturated rings. The van der Waals surface area contributed by atoms with Gasteiger partial charge >= 0.3 is 11.9 Å². The summed E-state index contributed by atoms with van der Waals surface area (Å²) in [5.74, 6) is -0.590. The molecule has 0 saturated carbocycles. The summed E-state index contributed by atoms with van der Waals surface area (Å²) in [6.07, 6.45) is 0. The highest BCUT2D eigenvalue weighted by Crippen LogP contribution is 2.32. The third kappa shape index (κ3) is 4.55. The average Bonchev–Trinajstić information content (AvgIpc) is 3.14. The average molecular weight is 371 g/mol. The van der Waals surface area contributed by atoms with Gasteiger partial charge in [-0.25, -0.2) is 9.59 Å². The van der Waals surface area contributed by atoms with Crippen LogP contribution in [0, 0.1) is 0 Å². The molecule has 1 heterocycles. The van der Waals surface area contributed by atoms with Crippen molar-refractivity contribution < 1.29 is 33.3 Å². The van der Waals surface area contributed by atoms with Crippen LogP contribution in [0.2, 0.25) is 0 Å². The maximum atomic E-state index is 12.0. The molecule has 27 heavy (non-hydrogen) atoms. The molecule has 8 nitrogen and oxygen atoms in total. The van der Waals surface area contributed by atoms with E-state index >= 15 is 0 Å². The van der Waals surface area contributed by atoms with Gasteiger partial charge in [0.25, 0.3) is 5.91 Å². The third-order valence-corrected chi connectivity index (χ3v) is 3.62. The van der Waals surface area contributed by atoms with Crippen molar-refractivity contribution in [3.8, 4) is 11.5 Å². The summed E-state index contributed by atoms with van der Waals surface area (Å²) in [5, 5.41) is 2.58. The number of carbonyl (C=O) groups excluding carboxylic acids is 3. The highest BCUT2D eigenvalue weighted by atomic mass is 16.7. The van der Waals surface area contributed by atoms with Crippen LogP contribution in [0.25, 0.3) is 0 Å². The molecule has 3 rings (SSSR count). The van der Waals surface area contributed by atoms with Crippen LogP contribution in [0.3, 0.4) is 0 Å². The van der Waals surface area contributed by atoms with Gasteiger partial charge in [-0.3, -0.25) is 4.79 Å². The fourth-order valence-corrected chi connectivity index (χ4v) is 2.34. The van der Waals surface area contributed by atoms with Crippen LogP contribution in [0.4, 0.5) is 5.69 Å². The van der Waals surface area contributed by atoms with Gasteiger partial charge in [-0.05, 0) is 49.4 Å². The third-order valence-electron chi connectivity index (χ3n) is 3.62. The highest BCUT2D eigenvalue weighted by molar-refractivity contribution is 5.96. The van der Waals surface area contributed by atoms with Crippen LogP contribution in [-0.2, 0) is 14.3 Å². The number of benzene rings is 2. The number of fused-ring (bicyclic) bond motifs is 1. The van der Waals surface area contributed by atoms with Gasteiger partial charge in [-0.15, -0.1) is 0 Å². The zero-order valence-electron chi connectivity index (χ0n) is 14.5. The Balaban J connectivity index is 1.50. The molecule has 0 aliphatic carbocycles. The molecular weight excluding hydrogens is 354 g/mol. The molecule has 2 aromatic rings. The Morgan fingerprint density at radius 1 is 0.926 bits per heavy atom. The lowest BCUT2D eigenvalue weighted by molar-refractivity contribution is -0.119. The minimum Gasteiger partial charge on any atom is -0.462 e. The molecule has 0 radical (unpaired) electrons. The second-order valence-electron chi connectivity index (χ2n) is 5.49. The van der Waals surface area contributed by atoms with Gasteiger partial charge in [-0.2, -0.15) is 0 Å². The van der Waals surface area contributed by atoms with Gasteiger partial charge < -0.3 is 24.3 Å². The molecule has 1 aliphatic rings. The van der Waals surface area contributed by atoms with E-state index in [-0.39, 0.29) is 19.0 Å². The molecule has 140 valence electrons. The first-order valence-corrected chi connectivity index (χ1v) is 8.20. The van der Waals surface area contributed by atoms with Crippen molar-refractivity contribution in [2.24, 2.45) is 0 Å². The Morgan fingerprint density at radius 3 is 2.33 bits per heavy atom. The predicted octanol–water partition coefficient (Wildman–Crippen LogP) is 2.39. The van der Waals surface area contributed by atoms with Gasteiger partial charge in [0.1, 0.15) is 0 Å². The van der Waals surface area contributed by atoms with Crippen molar-refractivity contribution in [1.29, 1.82) is 0 Å². The normalized spacial score (nSPS) is 11.6. The van der Waals surface area contributed by atoms with E-state index in [9.17, 15) is 14.4 Å². The van der Waals surface area contributed by atoms with E-state index in [4.69, 9.17) is 18.9 Å². The van der Waals surface area contributed by atoms with Crippen molar-refractivity contribution in [2.45, 2.75) is 6.92 Å². The van der Waals surface area contributed by atoms with E-state index in [1.165, 1.54) is 24.3 Å². The number of esters is 2. The lowest BCUT2D eigenvalue weighted by atomic mass is 10.2. The van der Waals surface area contributed by atoms with Crippen LogP contribution < -0.4 is 14.8 Å². The lowest BCUT2D eigenvalue weighted by Gasteiger charge is -2.08. The van der Waals surface area contributed by atoms with Crippen molar-refractivity contribution in [1.82, 2.24) is 0 Å². The topological polar surface area (TPSA) is 100 Å². The molecule has 0 bridgehead atoms. The van der Waals surface area contributed by atoms with Crippen molar-refractivity contribution in [2.75, 3.05) is 25.3 Å². The largest absolute Gasteiger partial charge is 0.462 e. The molecule has 2 aromatic carbocycles. The minimum absolute atomic E-state index is 0.102. The maximum absolute atomic E-state index is 12.0. The summed E-state index contributed by atoms with van der Waals surface area (Å²) >= 11 is 0.